The molecule has 0 saturated carbocycles. The van der Waals surface area contributed by atoms with Crippen LogP contribution in [0.1, 0.15) is 47.0 Å². The van der Waals surface area contributed by atoms with Crippen molar-refractivity contribution < 1.29 is 17.9 Å². The van der Waals surface area contributed by atoms with E-state index in [4.69, 9.17) is 9.47 Å². The van der Waals surface area contributed by atoms with E-state index in [0.29, 0.717) is 0 Å². The second-order valence-corrected chi connectivity index (χ2v) is 10.4. The van der Waals surface area contributed by atoms with Crippen molar-refractivity contribution in [1.82, 2.24) is 10.2 Å². The summed E-state index contributed by atoms with van der Waals surface area (Å²) >= 11 is 0. The Bertz CT molecular complexity index is 527. The molecule has 0 aliphatic carbocycles. The Balaban J connectivity index is 0.00000676. The van der Waals surface area contributed by atoms with Gasteiger partial charge < -0.3 is 19.7 Å². The molecule has 0 bridgehead atoms. The van der Waals surface area contributed by atoms with Gasteiger partial charge in [0.1, 0.15) is 0 Å². The van der Waals surface area contributed by atoms with Gasteiger partial charge in [-0.1, -0.05) is 0 Å². The minimum Gasteiger partial charge on any atom is -0.385 e. The molecule has 0 aromatic carbocycles. The molecule has 1 fully saturated rings. The highest BCUT2D eigenvalue weighted by Crippen LogP contribution is 2.16. The summed E-state index contributed by atoms with van der Waals surface area (Å²) in [6.45, 7) is 11.5. The number of hydrogen-bond donors (Lipinski definition) is 1. The molecule has 1 rings (SSSR count). The lowest BCUT2D eigenvalue weighted by Gasteiger charge is -2.34. The summed E-state index contributed by atoms with van der Waals surface area (Å²) in [5, 5.41) is 3.28. The average Bonchev–Trinajstić information content (AvgIpc) is 2.57. The van der Waals surface area contributed by atoms with Crippen LogP contribution in [-0.4, -0.2) is 82.4 Å². The van der Waals surface area contributed by atoms with Gasteiger partial charge in [-0.15, -0.1) is 24.0 Å². The van der Waals surface area contributed by atoms with Crippen molar-refractivity contribution in [2.45, 2.75) is 57.8 Å². The van der Waals surface area contributed by atoms with Gasteiger partial charge in [-0.25, -0.2) is 8.42 Å². The van der Waals surface area contributed by atoms with E-state index in [1.165, 1.54) is 0 Å². The van der Waals surface area contributed by atoms with Crippen molar-refractivity contribution in [3.8, 4) is 0 Å². The summed E-state index contributed by atoms with van der Waals surface area (Å²) in [6, 6.07) is 0. The molecule has 0 aromatic rings. The molecular formula is C18H38IN3O4S. The van der Waals surface area contributed by atoms with Crippen LogP contribution in [0.2, 0.25) is 0 Å². The first-order chi connectivity index (χ1) is 12.2. The number of ether oxygens (including phenoxy) is 2. The molecule has 1 N–H and O–H groups in total. The lowest BCUT2D eigenvalue weighted by Crippen LogP contribution is -2.47. The second-order valence-electron chi connectivity index (χ2n) is 7.57. The summed E-state index contributed by atoms with van der Waals surface area (Å²) in [7, 11) is -1.45. The second kappa shape index (κ2) is 13.2. The molecule has 0 radical (unpaired) electrons. The highest BCUT2D eigenvalue weighted by atomic mass is 127. The number of rotatable bonds is 9. The zero-order chi connectivity index (χ0) is 19.6. The zero-order valence-electron chi connectivity index (χ0n) is 17.5. The summed E-state index contributed by atoms with van der Waals surface area (Å²) in [5.74, 6) is 0.874. The van der Waals surface area contributed by atoms with Gasteiger partial charge in [0.2, 0.25) is 0 Å². The topological polar surface area (TPSA) is 80.2 Å². The van der Waals surface area contributed by atoms with E-state index < -0.39 is 14.6 Å². The summed E-state index contributed by atoms with van der Waals surface area (Å²) in [6.07, 6.45) is 3.12. The van der Waals surface area contributed by atoms with Crippen molar-refractivity contribution in [3.63, 3.8) is 0 Å². The standard InChI is InChI=1S/C18H37N3O4S.HI/c1-6-19-17(20-10-15-26(22,23)18(2,3)4)21-11-8-16(9-12-21)25-14-7-13-24-5;/h16H,6-15H2,1-5H3,(H,19,20);1H. The molecule has 0 aromatic heterocycles. The molecule has 1 heterocycles. The van der Waals surface area contributed by atoms with Crippen LogP contribution < -0.4 is 5.32 Å². The molecule has 0 spiro atoms. The van der Waals surface area contributed by atoms with Crippen molar-refractivity contribution in [3.05, 3.63) is 0 Å². The maximum absolute atomic E-state index is 12.2. The lowest BCUT2D eigenvalue weighted by atomic mass is 10.1. The van der Waals surface area contributed by atoms with E-state index in [0.717, 1.165) is 58.1 Å². The minimum atomic E-state index is -3.15. The van der Waals surface area contributed by atoms with Crippen LogP contribution in [0.4, 0.5) is 0 Å². The van der Waals surface area contributed by atoms with Gasteiger partial charge >= 0.3 is 0 Å². The molecule has 27 heavy (non-hydrogen) atoms. The SMILES string of the molecule is CCNC(=NCCS(=O)(=O)C(C)(C)C)N1CCC(OCCCOC)CC1.I. The van der Waals surface area contributed by atoms with E-state index in [9.17, 15) is 8.42 Å². The predicted octanol–water partition coefficient (Wildman–Crippen LogP) is 2.30. The number of piperidine rings is 1. The smallest absolute Gasteiger partial charge is 0.193 e. The van der Waals surface area contributed by atoms with Crippen LogP contribution in [0.3, 0.4) is 0 Å². The largest absolute Gasteiger partial charge is 0.385 e. The Kier molecular flexibility index (Phi) is 13.1. The molecule has 162 valence electrons. The third kappa shape index (κ3) is 9.76. The average molecular weight is 519 g/mol. The number of methoxy groups -OCH3 is 1. The number of likely N-dealkylation sites (tertiary alicyclic amines) is 1. The van der Waals surface area contributed by atoms with Gasteiger partial charge in [0.15, 0.2) is 15.8 Å². The molecule has 9 heteroatoms. The van der Waals surface area contributed by atoms with Gasteiger partial charge in [-0.2, -0.15) is 0 Å². The Hall–Kier alpha value is -0.130. The highest BCUT2D eigenvalue weighted by Gasteiger charge is 2.28. The van der Waals surface area contributed by atoms with Crippen LogP contribution in [0.25, 0.3) is 0 Å². The van der Waals surface area contributed by atoms with Crippen molar-refractivity contribution >= 4 is 39.8 Å². The summed E-state index contributed by atoms with van der Waals surface area (Å²) in [5.41, 5.74) is 0. The van der Waals surface area contributed by atoms with Crippen LogP contribution >= 0.6 is 24.0 Å². The zero-order valence-corrected chi connectivity index (χ0v) is 20.6. The van der Waals surface area contributed by atoms with Gasteiger partial charge in [0, 0.05) is 40.0 Å². The van der Waals surface area contributed by atoms with Gasteiger partial charge in [0.25, 0.3) is 0 Å². The van der Waals surface area contributed by atoms with Crippen molar-refractivity contribution in [1.29, 1.82) is 0 Å². The lowest BCUT2D eigenvalue weighted by molar-refractivity contribution is 0.00991. The van der Waals surface area contributed by atoms with Crippen LogP contribution in [0.5, 0.6) is 0 Å². The number of aliphatic imine (C=N–C) groups is 1. The molecule has 1 aliphatic heterocycles. The number of guanidine groups is 1. The quantitative estimate of drug-likeness (QED) is 0.218. The molecule has 1 aliphatic rings. The van der Waals surface area contributed by atoms with Gasteiger partial charge in [0.05, 0.1) is 23.1 Å². The molecule has 0 unspecified atom stereocenters. The fourth-order valence-electron chi connectivity index (χ4n) is 2.69. The maximum atomic E-state index is 12.2. The van der Waals surface area contributed by atoms with Crippen molar-refractivity contribution in [2.75, 3.05) is 52.3 Å². The van der Waals surface area contributed by atoms with E-state index in [2.05, 4.69) is 15.2 Å². The maximum Gasteiger partial charge on any atom is 0.193 e. The number of nitrogens with one attached hydrogen (secondary N) is 1. The normalized spacial score (nSPS) is 16.9. The van der Waals surface area contributed by atoms with Crippen LogP contribution in [0, 0.1) is 0 Å². The first-order valence-electron chi connectivity index (χ1n) is 9.57. The number of nitrogens with zero attached hydrogens (tertiary/aromatic N) is 2. The van der Waals surface area contributed by atoms with E-state index >= 15 is 0 Å². The number of hydrogen-bond acceptors (Lipinski definition) is 5. The Morgan fingerprint density at radius 3 is 2.37 bits per heavy atom. The fraction of sp³-hybridized carbons (Fsp3) is 0.944. The molecular weight excluding hydrogens is 481 g/mol. The number of halogens is 1. The van der Waals surface area contributed by atoms with E-state index in [1.807, 2.05) is 6.92 Å². The van der Waals surface area contributed by atoms with Crippen LogP contribution in [0.15, 0.2) is 4.99 Å². The third-order valence-electron chi connectivity index (χ3n) is 4.48. The summed E-state index contributed by atoms with van der Waals surface area (Å²) in [4.78, 5) is 6.74. The first-order valence-corrected chi connectivity index (χ1v) is 11.2. The molecule has 7 nitrogen and oxygen atoms in total. The number of sulfone groups is 1. The van der Waals surface area contributed by atoms with Gasteiger partial charge in [-0.3, -0.25) is 4.99 Å². The Morgan fingerprint density at radius 2 is 1.85 bits per heavy atom. The molecule has 1 saturated heterocycles. The van der Waals surface area contributed by atoms with E-state index in [1.54, 1.807) is 27.9 Å². The van der Waals surface area contributed by atoms with Crippen LogP contribution in [-0.2, 0) is 19.3 Å². The van der Waals surface area contributed by atoms with E-state index in [-0.39, 0.29) is 42.4 Å². The molecule has 0 amide bonds. The monoisotopic (exact) mass is 519 g/mol. The fourth-order valence-corrected chi connectivity index (χ4v) is 3.64. The summed E-state index contributed by atoms with van der Waals surface area (Å²) < 4.78 is 34.6. The third-order valence-corrected chi connectivity index (χ3v) is 7.06. The minimum absolute atomic E-state index is 0. The van der Waals surface area contributed by atoms with Gasteiger partial charge in [-0.05, 0) is 47.0 Å². The van der Waals surface area contributed by atoms with Crippen molar-refractivity contribution in [2.24, 2.45) is 4.99 Å². The predicted molar refractivity (Wildman–Crippen MR) is 122 cm³/mol. The highest BCUT2D eigenvalue weighted by molar-refractivity contribution is 14.0. The Morgan fingerprint density at radius 1 is 1.22 bits per heavy atom. The Labute approximate surface area is 182 Å². The molecule has 0 atom stereocenters. The first kappa shape index (κ1) is 26.9.